The molecule has 21 heavy (non-hydrogen) atoms. The van der Waals surface area contributed by atoms with E-state index in [0.29, 0.717) is 10.6 Å². The number of carbonyl (C=O) groups is 1. The molecule has 1 aliphatic heterocycles. The number of hydrogen-bond donors (Lipinski definition) is 0. The highest BCUT2D eigenvalue weighted by Gasteiger charge is 2.25. The van der Waals surface area contributed by atoms with Gasteiger partial charge in [-0.15, -0.1) is 0 Å². The van der Waals surface area contributed by atoms with E-state index in [9.17, 15) is 4.79 Å². The van der Waals surface area contributed by atoms with Gasteiger partial charge in [0.1, 0.15) is 0 Å². The fraction of sp³-hybridized carbons (Fsp3) is 0.0588. The van der Waals surface area contributed by atoms with Gasteiger partial charge in [-0.3, -0.25) is 0 Å². The molecule has 0 aromatic heterocycles. The van der Waals surface area contributed by atoms with E-state index in [2.05, 4.69) is 4.99 Å². The molecule has 3 nitrogen and oxygen atoms in total. The van der Waals surface area contributed by atoms with Crippen LogP contribution in [0.15, 0.2) is 59.2 Å². The van der Waals surface area contributed by atoms with E-state index in [0.717, 1.165) is 11.1 Å². The van der Waals surface area contributed by atoms with Crippen LogP contribution in [0, 0.1) is 6.92 Å². The molecule has 2 aromatic rings. The molecule has 0 unspecified atom stereocenters. The van der Waals surface area contributed by atoms with Gasteiger partial charge in [0.15, 0.2) is 5.70 Å². The van der Waals surface area contributed by atoms with Gasteiger partial charge >= 0.3 is 5.97 Å². The maximum atomic E-state index is 11.9. The third kappa shape index (κ3) is 2.88. The van der Waals surface area contributed by atoms with Crippen molar-refractivity contribution in [2.45, 2.75) is 6.92 Å². The molecule has 0 spiro atoms. The molecule has 0 N–H and O–H groups in total. The average molecular weight is 298 g/mol. The molecule has 1 heterocycles. The molecule has 3 rings (SSSR count). The van der Waals surface area contributed by atoms with Gasteiger partial charge in [0, 0.05) is 0 Å². The van der Waals surface area contributed by atoms with Crippen molar-refractivity contribution in [1.29, 1.82) is 0 Å². The molecule has 0 bridgehead atoms. The van der Waals surface area contributed by atoms with Gasteiger partial charge in [-0.25, -0.2) is 9.79 Å². The van der Waals surface area contributed by atoms with Crippen LogP contribution in [-0.2, 0) is 9.53 Å². The molecule has 0 saturated heterocycles. The molecule has 0 amide bonds. The number of esters is 1. The summed E-state index contributed by atoms with van der Waals surface area (Å²) in [7, 11) is 0. The Kier molecular flexibility index (Phi) is 3.59. The van der Waals surface area contributed by atoms with Gasteiger partial charge in [0.25, 0.3) is 0 Å². The van der Waals surface area contributed by atoms with Crippen LogP contribution in [0.3, 0.4) is 0 Å². The van der Waals surface area contributed by atoms with E-state index >= 15 is 0 Å². The molecule has 4 heteroatoms. The quantitative estimate of drug-likeness (QED) is 0.621. The highest BCUT2D eigenvalue weighted by molar-refractivity contribution is 6.34. The molecule has 0 saturated carbocycles. The number of nitrogens with zero attached hydrogens (tertiary/aromatic N) is 1. The van der Waals surface area contributed by atoms with Crippen LogP contribution in [0.5, 0.6) is 0 Å². The maximum absolute atomic E-state index is 11.9. The molecule has 0 radical (unpaired) electrons. The van der Waals surface area contributed by atoms with E-state index in [1.807, 2.05) is 43.3 Å². The number of hydrogen-bond acceptors (Lipinski definition) is 3. The first-order valence-corrected chi connectivity index (χ1v) is 6.85. The second-order valence-corrected chi connectivity index (χ2v) is 5.13. The first-order chi connectivity index (χ1) is 10.1. The zero-order chi connectivity index (χ0) is 14.8. The van der Waals surface area contributed by atoms with Crippen LogP contribution in [0.4, 0.5) is 0 Å². The van der Waals surface area contributed by atoms with Gasteiger partial charge in [0.05, 0.1) is 10.6 Å². The van der Waals surface area contributed by atoms with Gasteiger partial charge in [-0.2, -0.15) is 0 Å². The van der Waals surface area contributed by atoms with Crippen LogP contribution in [0.2, 0.25) is 5.02 Å². The average Bonchev–Trinajstić information content (AvgIpc) is 2.83. The minimum absolute atomic E-state index is 0.240. The van der Waals surface area contributed by atoms with E-state index in [4.69, 9.17) is 16.3 Å². The Balaban J connectivity index is 1.96. The highest BCUT2D eigenvalue weighted by atomic mass is 35.5. The van der Waals surface area contributed by atoms with E-state index in [1.165, 1.54) is 0 Å². The number of rotatable bonds is 2. The highest BCUT2D eigenvalue weighted by Crippen LogP contribution is 2.23. The normalized spacial score (nSPS) is 16.0. The van der Waals surface area contributed by atoms with Crippen LogP contribution < -0.4 is 0 Å². The zero-order valence-corrected chi connectivity index (χ0v) is 12.1. The van der Waals surface area contributed by atoms with Gasteiger partial charge < -0.3 is 4.74 Å². The second kappa shape index (κ2) is 5.54. The fourth-order valence-corrected chi connectivity index (χ4v) is 2.20. The van der Waals surface area contributed by atoms with E-state index < -0.39 is 5.97 Å². The maximum Gasteiger partial charge on any atom is 0.363 e. The molecule has 2 aromatic carbocycles. The standard InChI is InChI=1S/C17H12ClNO2/c1-11-6-8-12(9-7-11)10-15-17(20)21-16(19-15)13-4-2-3-5-14(13)18/h2-10H,1H3/b15-10+. The van der Waals surface area contributed by atoms with Crippen LogP contribution >= 0.6 is 11.6 Å². The first kappa shape index (κ1) is 13.6. The fourth-order valence-electron chi connectivity index (χ4n) is 1.98. The summed E-state index contributed by atoms with van der Waals surface area (Å²) in [5, 5.41) is 0.501. The first-order valence-electron chi connectivity index (χ1n) is 6.47. The Morgan fingerprint density at radius 1 is 1.10 bits per heavy atom. The SMILES string of the molecule is Cc1ccc(/C=C2/N=C(c3ccccc3Cl)OC2=O)cc1. The number of benzene rings is 2. The van der Waals surface area contributed by atoms with Gasteiger partial charge in [-0.05, 0) is 30.7 Å². The lowest BCUT2D eigenvalue weighted by atomic mass is 10.1. The third-order valence-electron chi connectivity index (χ3n) is 3.11. The number of carbonyl (C=O) groups excluding carboxylic acids is 1. The van der Waals surface area contributed by atoms with Crippen molar-refractivity contribution in [1.82, 2.24) is 0 Å². The Hall–Kier alpha value is -2.39. The summed E-state index contributed by atoms with van der Waals surface area (Å²) in [4.78, 5) is 16.1. The Labute approximate surface area is 127 Å². The zero-order valence-electron chi connectivity index (χ0n) is 11.3. The van der Waals surface area contributed by atoms with Crippen LogP contribution in [0.25, 0.3) is 6.08 Å². The Morgan fingerprint density at radius 2 is 1.81 bits per heavy atom. The summed E-state index contributed by atoms with van der Waals surface area (Å²) in [6, 6.07) is 14.9. The molecule has 104 valence electrons. The van der Waals surface area contributed by atoms with Crippen molar-refractivity contribution >= 4 is 29.5 Å². The van der Waals surface area contributed by atoms with E-state index in [-0.39, 0.29) is 11.6 Å². The van der Waals surface area contributed by atoms with Crippen molar-refractivity contribution in [3.63, 3.8) is 0 Å². The summed E-state index contributed by atoms with van der Waals surface area (Å²) < 4.78 is 5.20. The number of aryl methyl sites for hydroxylation is 1. The summed E-state index contributed by atoms with van der Waals surface area (Å²) in [6.07, 6.45) is 1.70. The second-order valence-electron chi connectivity index (χ2n) is 4.73. The number of cyclic esters (lactones) is 1. The van der Waals surface area contributed by atoms with Gasteiger partial charge in [-0.1, -0.05) is 53.6 Å². The number of ether oxygens (including phenoxy) is 1. The lowest BCUT2D eigenvalue weighted by molar-refractivity contribution is -0.129. The smallest absolute Gasteiger partial charge is 0.363 e. The number of halogens is 1. The summed E-state index contributed by atoms with van der Waals surface area (Å²) in [6.45, 7) is 2.01. The minimum atomic E-state index is -0.467. The van der Waals surface area contributed by atoms with Crippen molar-refractivity contribution in [3.8, 4) is 0 Å². The lowest BCUT2D eigenvalue weighted by Crippen LogP contribution is -2.05. The lowest BCUT2D eigenvalue weighted by Gasteiger charge is -2.00. The molecule has 1 aliphatic rings. The van der Waals surface area contributed by atoms with Crippen LogP contribution in [-0.4, -0.2) is 11.9 Å². The topological polar surface area (TPSA) is 38.7 Å². The summed E-state index contributed by atoms with van der Waals surface area (Å²) in [5.41, 5.74) is 2.94. The molecule has 0 aliphatic carbocycles. The minimum Gasteiger partial charge on any atom is -0.402 e. The molecule has 0 fully saturated rings. The Bertz CT molecular complexity index is 761. The third-order valence-corrected chi connectivity index (χ3v) is 3.44. The van der Waals surface area contributed by atoms with Crippen molar-refractivity contribution in [2.24, 2.45) is 4.99 Å². The Morgan fingerprint density at radius 3 is 2.52 bits per heavy atom. The van der Waals surface area contributed by atoms with Crippen molar-refractivity contribution in [2.75, 3.05) is 0 Å². The predicted octanol–water partition coefficient (Wildman–Crippen LogP) is 3.99. The van der Waals surface area contributed by atoms with Crippen molar-refractivity contribution < 1.29 is 9.53 Å². The van der Waals surface area contributed by atoms with E-state index in [1.54, 1.807) is 18.2 Å². The molecular formula is C17H12ClNO2. The van der Waals surface area contributed by atoms with Gasteiger partial charge in [0.2, 0.25) is 5.90 Å². The van der Waals surface area contributed by atoms with Crippen molar-refractivity contribution in [3.05, 3.63) is 75.9 Å². The summed E-state index contributed by atoms with van der Waals surface area (Å²) in [5.74, 6) is -0.227. The predicted molar refractivity (Wildman–Crippen MR) is 83.2 cm³/mol. The van der Waals surface area contributed by atoms with Crippen LogP contribution in [0.1, 0.15) is 16.7 Å². The largest absolute Gasteiger partial charge is 0.402 e. The number of aliphatic imine (C=N–C) groups is 1. The summed E-state index contributed by atoms with van der Waals surface area (Å²) >= 11 is 6.09. The monoisotopic (exact) mass is 297 g/mol. The molecule has 0 atom stereocenters. The molecular weight excluding hydrogens is 286 g/mol.